The minimum atomic E-state index is -0.834. The molecule has 0 spiro atoms. The van der Waals surface area contributed by atoms with Crippen LogP contribution in [0, 0.1) is 11.8 Å². The Hall–Kier alpha value is -1.95. The molecule has 0 bridgehead atoms. The molecule has 0 aliphatic rings. The average molecular weight is 288 g/mol. The first kappa shape index (κ1) is 17.1. The smallest absolute Gasteiger partial charge is 0.304 e. The second-order valence-electron chi connectivity index (χ2n) is 5.02. The van der Waals surface area contributed by atoms with E-state index in [1.807, 2.05) is 24.3 Å². The maximum atomic E-state index is 10.9. The minimum absolute atomic E-state index is 0.0259. The van der Waals surface area contributed by atoms with Gasteiger partial charge in [0.1, 0.15) is 5.75 Å². The molecule has 1 rings (SSSR count). The number of carboxylic acids is 1. The van der Waals surface area contributed by atoms with E-state index in [-0.39, 0.29) is 12.3 Å². The van der Waals surface area contributed by atoms with Crippen LogP contribution in [0.25, 0.3) is 0 Å². The van der Waals surface area contributed by atoms with E-state index in [0.29, 0.717) is 0 Å². The fourth-order valence-corrected chi connectivity index (χ4v) is 2.12. The van der Waals surface area contributed by atoms with Crippen molar-refractivity contribution in [3.8, 4) is 17.6 Å². The molecule has 0 aliphatic carbocycles. The number of aliphatic carboxylic acids is 1. The zero-order chi connectivity index (χ0) is 15.5. The Kier molecular flexibility index (Phi) is 8.04. The van der Waals surface area contributed by atoms with Crippen LogP contribution in [0.1, 0.15) is 57.4 Å². The predicted octanol–water partition coefficient (Wildman–Crippen LogP) is 4.23. The predicted molar refractivity (Wildman–Crippen MR) is 84.5 cm³/mol. The van der Waals surface area contributed by atoms with E-state index in [0.717, 1.165) is 24.3 Å². The molecule has 0 amide bonds. The molecule has 0 saturated carbocycles. The van der Waals surface area contributed by atoms with Crippen molar-refractivity contribution in [3.05, 3.63) is 29.8 Å². The summed E-state index contributed by atoms with van der Waals surface area (Å²) < 4.78 is 5.68. The first-order valence-corrected chi connectivity index (χ1v) is 7.54. The second kappa shape index (κ2) is 9.88. The van der Waals surface area contributed by atoms with Crippen molar-refractivity contribution in [2.75, 3.05) is 6.61 Å². The summed E-state index contributed by atoms with van der Waals surface area (Å²) in [6.45, 7) is 4.64. The monoisotopic (exact) mass is 288 g/mol. The maximum Gasteiger partial charge on any atom is 0.304 e. The first-order valence-electron chi connectivity index (χ1n) is 7.54. The van der Waals surface area contributed by atoms with Crippen molar-refractivity contribution in [2.45, 2.75) is 51.9 Å². The van der Waals surface area contributed by atoms with Crippen LogP contribution in [0.3, 0.4) is 0 Å². The van der Waals surface area contributed by atoms with E-state index < -0.39 is 5.97 Å². The van der Waals surface area contributed by atoms with Gasteiger partial charge in [0.25, 0.3) is 0 Å². The van der Waals surface area contributed by atoms with E-state index in [9.17, 15) is 4.79 Å². The second-order valence-corrected chi connectivity index (χ2v) is 5.02. The number of benzene rings is 1. The van der Waals surface area contributed by atoms with Crippen molar-refractivity contribution >= 4 is 5.97 Å². The normalized spacial score (nSPS) is 11.3. The largest absolute Gasteiger partial charge is 0.494 e. The standard InChI is InChI=1S/C18H24O3/c1-3-5-6-7-13-21-17-11-9-15(10-12-17)16(8-4-2)14-18(19)20/h9-12,16H,3,5-7,13-14H2,1-2H3,(H,19,20)/t16-/m0/s1. The van der Waals surface area contributed by atoms with E-state index in [1.165, 1.54) is 19.3 Å². The summed E-state index contributed by atoms with van der Waals surface area (Å²) in [4.78, 5) is 10.9. The number of ether oxygens (including phenoxy) is 1. The lowest BCUT2D eigenvalue weighted by molar-refractivity contribution is -0.137. The van der Waals surface area contributed by atoms with Crippen molar-refractivity contribution in [1.29, 1.82) is 0 Å². The van der Waals surface area contributed by atoms with Gasteiger partial charge in [-0.05, 0) is 31.0 Å². The third-order valence-corrected chi connectivity index (χ3v) is 3.25. The average Bonchev–Trinajstić information content (AvgIpc) is 2.47. The highest BCUT2D eigenvalue weighted by molar-refractivity contribution is 5.69. The zero-order valence-corrected chi connectivity index (χ0v) is 12.9. The van der Waals surface area contributed by atoms with Crippen molar-refractivity contribution in [1.82, 2.24) is 0 Å². The summed E-state index contributed by atoms with van der Waals surface area (Å²) >= 11 is 0. The van der Waals surface area contributed by atoms with Gasteiger partial charge in [-0.2, -0.15) is 0 Å². The van der Waals surface area contributed by atoms with Crippen LogP contribution in [0.2, 0.25) is 0 Å². The van der Waals surface area contributed by atoms with Gasteiger partial charge >= 0.3 is 5.97 Å². The first-order chi connectivity index (χ1) is 10.2. The number of hydrogen-bond donors (Lipinski definition) is 1. The lowest BCUT2D eigenvalue weighted by Crippen LogP contribution is -2.04. The topological polar surface area (TPSA) is 46.5 Å². The highest BCUT2D eigenvalue weighted by Gasteiger charge is 2.12. The molecule has 0 unspecified atom stereocenters. The van der Waals surface area contributed by atoms with Gasteiger partial charge < -0.3 is 9.84 Å². The molecule has 3 heteroatoms. The molecule has 1 N–H and O–H groups in total. The number of carboxylic acid groups (broad SMARTS) is 1. The molecule has 1 atom stereocenters. The molecular formula is C18H24O3. The molecule has 0 aliphatic heterocycles. The van der Waals surface area contributed by atoms with Gasteiger partial charge in [0.05, 0.1) is 18.9 Å². The van der Waals surface area contributed by atoms with Crippen LogP contribution in [0.15, 0.2) is 24.3 Å². The molecule has 0 radical (unpaired) electrons. The van der Waals surface area contributed by atoms with Crippen LogP contribution in [0.4, 0.5) is 0 Å². The number of unbranched alkanes of at least 4 members (excludes halogenated alkanes) is 3. The highest BCUT2D eigenvalue weighted by atomic mass is 16.5. The summed E-state index contributed by atoms with van der Waals surface area (Å²) in [7, 11) is 0. The van der Waals surface area contributed by atoms with E-state index >= 15 is 0 Å². The van der Waals surface area contributed by atoms with Crippen LogP contribution >= 0.6 is 0 Å². The molecule has 0 heterocycles. The maximum absolute atomic E-state index is 10.9. The van der Waals surface area contributed by atoms with Crippen LogP contribution < -0.4 is 4.74 Å². The van der Waals surface area contributed by atoms with Crippen LogP contribution in [0.5, 0.6) is 5.75 Å². The Labute approximate surface area is 127 Å². The van der Waals surface area contributed by atoms with Crippen LogP contribution in [-0.4, -0.2) is 17.7 Å². The van der Waals surface area contributed by atoms with Crippen molar-refractivity contribution in [3.63, 3.8) is 0 Å². The fraction of sp³-hybridized carbons (Fsp3) is 0.500. The van der Waals surface area contributed by atoms with E-state index in [1.54, 1.807) is 6.92 Å². The Morgan fingerprint density at radius 2 is 1.95 bits per heavy atom. The zero-order valence-electron chi connectivity index (χ0n) is 12.9. The molecule has 3 nitrogen and oxygen atoms in total. The van der Waals surface area contributed by atoms with Gasteiger partial charge in [0, 0.05) is 0 Å². The summed E-state index contributed by atoms with van der Waals surface area (Å²) in [6.07, 6.45) is 4.75. The summed E-state index contributed by atoms with van der Waals surface area (Å²) in [5, 5.41) is 8.92. The third kappa shape index (κ3) is 6.85. The Balaban J connectivity index is 2.54. The molecule has 114 valence electrons. The molecule has 0 saturated heterocycles. The molecule has 1 aromatic rings. The fourth-order valence-electron chi connectivity index (χ4n) is 2.12. The summed E-state index contributed by atoms with van der Waals surface area (Å²) in [5.41, 5.74) is 0.921. The minimum Gasteiger partial charge on any atom is -0.494 e. The van der Waals surface area contributed by atoms with Gasteiger partial charge in [-0.15, -0.1) is 5.92 Å². The van der Waals surface area contributed by atoms with Gasteiger partial charge in [0.15, 0.2) is 0 Å². The number of carbonyl (C=O) groups is 1. The van der Waals surface area contributed by atoms with Crippen molar-refractivity contribution in [2.24, 2.45) is 0 Å². The molecule has 21 heavy (non-hydrogen) atoms. The van der Waals surface area contributed by atoms with Gasteiger partial charge in [0.2, 0.25) is 0 Å². The van der Waals surface area contributed by atoms with E-state index in [2.05, 4.69) is 18.8 Å². The molecule has 1 aromatic carbocycles. The lowest BCUT2D eigenvalue weighted by Gasteiger charge is -2.10. The SMILES string of the molecule is CC#C[C@@H](CC(=O)O)c1ccc(OCCCCCC)cc1. The Morgan fingerprint density at radius 3 is 2.52 bits per heavy atom. The third-order valence-electron chi connectivity index (χ3n) is 3.25. The Bertz CT molecular complexity index is 479. The summed E-state index contributed by atoms with van der Waals surface area (Å²) in [5.74, 6) is 5.47. The molecular weight excluding hydrogens is 264 g/mol. The highest BCUT2D eigenvalue weighted by Crippen LogP contribution is 2.22. The lowest BCUT2D eigenvalue weighted by atomic mass is 9.96. The molecule has 0 aromatic heterocycles. The number of hydrogen-bond acceptors (Lipinski definition) is 2. The molecule has 0 fully saturated rings. The van der Waals surface area contributed by atoms with Gasteiger partial charge in [-0.25, -0.2) is 0 Å². The van der Waals surface area contributed by atoms with Gasteiger partial charge in [-0.3, -0.25) is 4.79 Å². The quantitative estimate of drug-likeness (QED) is 0.546. The van der Waals surface area contributed by atoms with Crippen LogP contribution in [-0.2, 0) is 4.79 Å². The van der Waals surface area contributed by atoms with E-state index in [4.69, 9.17) is 9.84 Å². The number of rotatable bonds is 9. The van der Waals surface area contributed by atoms with Crippen molar-refractivity contribution < 1.29 is 14.6 Å². The Morgan fingerprint density at radius 1 is 1.24 bits per heavy atom. The van der Waals surface area contributed by atoms with Gasteiger partial charge in [-0.1, -0.05) is 44.2 Å². The summed E-state index contributed by atoms with van der Waals surface area (Å²) in [6, 6.07) is 7.58.